The highest BCUT2D eigenvalue weighted by atomic mass is 16.2. The molecule has 0 saturated heterocycles. The van der Waals surface area contributed by atoms with Gasteiger partial charge in [0.2, 0.25) is 5.91 Å². The number of hydrogen-bond acceptors (Lipinski definition) is 4. The average Bonchev–Trinajstić information content (AvgIpc) is 3.19. The fourth-order valence-electron chi connectivity index (χ4n) is 2.20. The van der Waals surface area contributed by atoms with E-state index in [2.05, 4.69) is 15.2 Å². The van der Waals surface area contributed by atoms with Crippen molar-refractivity contribution in [3.8, 4) is 0 Å². The molecule has 0 atom stereocenters. The second-order valence-corrected chi connectivity index (χ2v) is 5.06. The van der Waals surface area contributed by atoms with Gasteiger partial charge in [0.15, 0.2) is 0 Å². The molecule has 0 N–H and O–H groups in total. The van der Waals surface area contributed by atoms with Crippen LogP contribution in [0.2, 0.25) is 0 Å². The first kappa shape index (κ1) is 12.8. The minimum absolute atomic E-state index is 0.193. The van der Waals surface area contributed by atoms with Crippen molar-refractivity contribution >= 4 is 5.91 Å². The second kappa shape index (κ2) is 5.81. The number of amides is 1. The average molecular weight is 271 g/mol. The van der Waals surface area contributed by atoms with Crippen LogP contribution in [0, 0.1) is 0 Å². The maximum atomic E-state index is 12.4. The highest BCUT2D eigenvalue weighted by Crippen LogP contribution is 2.28. The highest BCUT2D eigenvalue weighted by molar-refractivity contribution is 5.76. The summed E-state index contributed by atoms with van der Waals surface area (Å²) in [5, 5.41) is 7.48. The molecule has 1 aliphatic rings. The summed E-state index contributed by atoms with van der Waals surface area (Å²) in [7, 11) is 0. The molecule has 0 spiro atoms. The first-order valence-corrected chi connectivity index (χ1v) is 6.84. The third-order valence-electron chi connectivity index (χ3n) is 3.46. The molecule has 0 aliphatic heterocycles. The van der Waals surface area contributed by atoms with Gasteiger partial charge in [-0.2, -0.15) is 0 Å². The molecule has 1 amide bonds. The molecule has 2 aromatic heterocycles. The molecule has 0 aromatic carbocycles. The van der Waals surface area contributed by atoms with E-state index in [0.29, 0.717) is 25.6 Å². The fourth-order valence-corrected chi connectivity index (χ4v) is 2.20. The molecular weight excluding hydrogens is 254 g/mol. The Morgan fingerprint density at radius 3 is 2.60 bits per heavy atom. The molecule has 3 rings (SSSR count). The molecule has 1 aliphatic carbocycles. The zero-order valence-corrected chi connectivity index (χ0v) is 11.2. The molecule has 0 radical (unpaired) electrons. The van der Waals surface area contributed by atoms with Gasteiger partial charge in [0, 0.05) is 37.9 Å². The van der Waals surface area contributed by atoms with Crippen LogP contribution in [-0.4, -0.2) is 36.6 Å². The number of carbonyl (C=O) groups is 1. The lowest BCUT2D eigenvalue weighted by Gasteiger charge is -2.22. The largest absolute Gasteiger partial charge is 0.335 e. The normalized spacial score (nSPS) is 14.2. The smallest absolute Gasteiger partial charge is 0.224 e. The van der Waals surface area contributed by atoms with Gasteiger partial charge in [-0.05, 0) is 30.5 Å². The maximum Gasteiger partial charge on any atom is 0.224 e. The minimum Gasteiger partial charge on any atom is -0.335 e. The molecular formula is C14H17N5O. The molecule has 2 aromatic rings. The standard InChI is InChI=1S/C14H17N5O/c20-14(5-8-18-10-16-17-11-18)19(13-1-2-13)9-12-3-6-15-7-4-12/h3-4,6-7,10-11,13H,1-2,5,8-9H2. The van der Waals surface area contributed by atoms with Crippen LogP contribution >= 0.6 is 0 Å². The molecule has 0 unspecified atom stereocenters. The molecule has 2 heterocycles. The Hall–Kier alpha value is -2.24. The summed E-state index contributed by atoms with van der Waals surface area (Å²) in [6.45, 7) is 1.31. The fraction of sp³-hybridized carbons (Fsp3) is 0.429. The van der Waals surface area contributed by atoms with E-state index < -0.39 is 0 Å². The third-order valence-corrected chi connectivity index (χ3v) is 3.46. The van der Waals surface area contributed by atoms with E-state index in [4.69, 9.17) is 0 Å². The Bertz CT molecular complexity index is 550. The van der Waals surface area contributed by atoms with E-state index in [1.54, 1.807) is 25.0 Å². The van der Waals surface area contributed by atoms with E-state index in [1.807, 2.05) is 21.6 Å². The van der Waals surface area contributed by atoms with Crippen molar-refractivity contribution < 1.29 is 4.79 Å². The van der Waals surface area contributed by atoms with Crippen LogP contribution < -0.4 is 0 Å². The second-order valence-electron chi connectivity index (χ2n) is 5.06. The predicted octanol–water partition coefficient (Wildman–Crippen LogP) is 1.25. The molecule has 104 valence electrons. The van der Waals surface area contributed by atoms with Gasteiger partial charge in [0.05, 0.1) is 0 Å². The first-order valence-electron chi connectivity index (χ1n) is 6.84. The first-order chi connectivity index (χ1) is 9.83. The van der Waals surface area contributed by atoms with Crippen molar-refractivity contribution in [3.05, 3.63) is 42.7 Å². The van der Waals surface area contributed by atoms with Gasteiger partial charge in [-0.15, -0.1) is 10.2 Å². The van der Waals surface area contributed by atoms with Crippen LogP contribution in [0.25, 0.3) is 0 Å². The van der Waals surface area contributed by atoms with Crippen LogP contribution in [0.15, 0.2) is 37.2 Å². The Morgan fingerprint density at radius 1 is 1.25 bits per heavy atom. The molecule has 6 nitrogen and oxygen atoms in total. The van der Waals surface area contributed by atoms with Crippen molar-refractivity contribution in [2.24, 2.45) is 0 Å². The summed E-state index contributed by atoms with van der Waals surface area (Å²) in [6, 6.07) is 4.34. The summed E-state index contributed by atoms with van der Waals surface area (Å²) in [5.74, 6) is 0.193. The lowest BCUT2D eigenvalue weighted by atomic mass is 10.2. The van der Waals surface area contributed by atoms with E-state index in [9.17, 15) is 4.79 Å². The van der Waals surface area contributed by atoms with Crippen LogP contribution in [0.1, 0.15) is 24.8 Å². The molecule has 20 heavy (non-hydrogen) atoms. The van der Waals surface area contributed by atoms with E-state index in [1.165, 1.54) is 0 Å². The number of nitrogens with zero attached hydrogens (tertiary/aromatic N) is 5. The van der Waals surface area contributed by atoms with Gasteiger partial charge in [-0.25, -0.2) is 0 Å². The molecule has 0 bridgehead atoms. The summed E-state index contributed by atoms with van der Waals surface area (Å²) in [4.78, 5) is 18.4. The lowest BCUT2D eigenvalue weighted by molar-refractivity contribution is -0.132. The molecule has 1 fully saturated rings. The van der Waals surface area contributed by atoms with Crippen molar-refractivity contribution in [2.75, 3.05) is 0 Å². The quantitative estimate of drug-likeness (QED) is 0.793. The zero-order valence-electron chi connectivity index (χ0n) is 11.2. The Balaban J connectivity index is 1.60. The Labute approximate surface area is 117 Å². The topological polar surface area (TPSA) is 63.9 Å². The number of rotatable bonds is 6. The van der Waals surface area contributed by atoms with E-state index in [-0.39, 0.29) is 5.91 Å². The Morgan fingerprint density at radius 2 is 1.95 bits per heavy atom. The number of hydrogen-bond donors (Lipinski definition) is 0. The summed E-state index contributed by atoms with van der Waals surface area (Å²) in [6.07, 6.45) is 9.52. The highest BCUT2D eigenvalue weighted by Gasteiger charge is 2.32. The maximum absolute atomic E-state index is 12.4. The monoisotopic (exact) mass is 271 g/mol. The van der Waals surface area contributed by atoms with Crippen LogP contribution in [0.3, 0.4) is 0 Å². The molecule has 6 heteroatoms. The number of pyridine rings is 1. The van der Waals surface area contributed by atoms with Crippen LogP contribution in [-0.2, 0) is 17.9 Å². The summed E-state index contributed by atoms with van der Waals surface area (Å²) in [5.41, 5.74) is 1.13. The van der Waals surface area contributed by atoms with E-state index >= 15 is 0 Å². The van der Waals surface area contributed by atoms with Crippen molar-refractivity contribution in [1.29, 1.82) is 0 Å². The van der Waals surface area contributed by atoms with Gasteiger partial charge in [-0.3, -0.25) is 9.78 Å². The van der Waals surface area contributed by atoms with Gasteiger partial charge in [0.1, 0.15) is 12.7 Å². The van der Waals surface area contributed by atoms with Crippen molar-refractivity contribution in [3.63, 3.8) is 0 Å². The van der Waals surface area contributed by atoms with Gasteiger partial charge in [-0.1, -0.05) is 0 Å². The van der Waals surface area contributed by atoms with Crippen LogP contribution in [0.4, 0.5) is 0 Å². The summed E-state index contributed by atoms with van der Waals surface area (Å²) >= 11 is 0. The van der Waals surface area contributed by atoms with Gasteiger partial charge in [0.25, 0.3) is 0 Å². The number of carbonyl (C=O) groups excluding carboxylic acids is 1. The third kappa shape index (κ3) is 3.20. The molecule has 1 saturated carbocycles. The minimum atomic E-state index is 0.193. The van der Waals surface area contributed by atoms with E-state index in [0.717, 1.165) is 18.4 Å². The summed E-state index contributed by atoms with van der Waals surface area (Å²) < 4.78 is 1.83. The van der Waals surface area contributed by atoms with Gasteiger partial charge >= 0.3 is 0 Å². The number of aryl methyl sites for hydroxylation is 1. The van der Waals surface area contributed by atoms with Gasteiger partial charge < -0.3 is 9.47 Å². The van der Waals surface area contributed by atoms with Crippen molar-refractivity contribution in [2.45, 2.75) is 38.4 Å². The Kier molecular flexibility index (Phi) is 3.71. The predicted molar refractivity (Wildman–Crippen MR) is 72.4 cm³/mol. The lowest BCUT2D eigenvalue weighted by Crippen LogP contribution is -2.33. The van der Waals surface area contributed by atoms with Crippen LogP contribution in [0.5, 0.6) is 0 Å². The zero-order chi connectivity index (χ0) is 13.8. The SMILES string of the molecule is O=C(CCn1cnnc1)N(Cc1ccncc1)C1CC1. The van der Waals surface area contributed by atoms with Crippen molar-refractivity contribution in [1.82, 2.24) is 24.6 Å². The number of aromatic nitrogens is 4.